The molecule has 6 heteroatoms. The molecule has 0 saturated heterocycles. The van der Waals surface area contributed by atoms with Crippen molar-refractivity contribution in [3.05, 3.63) is 34.7 Å². The Labute approximate surface area is 124 Å². The maximum atomic E-state index is 11.9. The van der Waals surface area contributed by atoms with E-state index in [0.29, 0.717) is 19.7 Å². The number of aromatic amines is 1. The van der Waals surface area contributed by atoms with Crippen molar-refractivity contribution in [2.24, 2.45) is 0 Å². The summed E-state index contributed by atoms with van der Waals surface area (Å²) in [5.41, 5.74) is 1.73. The lowest BCUT2D eigenvalue weighted by atomic mass is 10.3. The van der Waals surface area contributed by atoms with Gasteiger partial charge in [0, 0.05) is 20.2 Å². The van der Waals surface area contributed by atoms with Crippen LogP contribution in [-0.2, 0) is 11.3 Å². The fraction of sp³-hybridized carbons (Fsp3) is 0.533. The summed E-state index contributed by atoms with van der Waals surface area (Å²) in [6.07, 6.45) is 0.369. The predicted octanol–water partition coefficient (Wildman–Crippen LogP) is 0.659. The topological polar surface area (TPSA) is 70.5 Å². The molecule has 2 aromatic rings. The van der Waals surface area contributed by atoms with Gasteiger partial charge in [0.1, 0.15) is 0 Å². The molecule has 0 amide bonds. The van der Waals surface area contributed by atoms with E-state index in [-0.39, 0.29) is 5.69 Å². The summed E-state index contributed by atoms with van der Waals surface area (Å²) >= 11 is 0. The summed E-state index contributed by atoms with van der Waals surface area (Å²) < 4.78 is 6.66. The largest absolute Gasteiger partial charge is 0.389 e. The number of aryl methyl sites for hydroxylation is 1. The van der Waals surface area contributed by atoms with Gasteiger partial charge in [-0.1, -0.05) is 12.1 Å². The Kier molecular flexibility index (Phi) is 5.55. The van der Waals surface area contributed by atoms with Crippen molar-refractivity contribution in [2.45, 2.75) is 19.1 Å². The van der Waals surface area contributed by atoms with Crippen LogP contribution in [0.5, 0.6) is 0 Å². The van der Waals surface area contributed by atoms with Crippen LogP contribution in [0, 0.1) is 0 Å². The van der Waals surface area contributed by atoms with E-state index in [1.165, 1.54) is 0 Å². The summed E-state index contributed by atoms with van der Waals surface area (Å²) in [4.78, 5) is 16.8. The average Bonchev–Trinajstić information content (AvgIpc) is 2.75. The van der Waals surface area contributed by atoms with Crippen molar-refractivity contribution in [3.8, 4) is 0 Å². The predicted molar refractivity (Wildman–Crippen MR) is 82.6 cm³/mol. The molecular formula is C15H23N3O3. The van der Waals surface area contributed by atoms with Crippen molar-refractivity contribution in [1.29, 1.82) is 0 Å². The van der Waals surface area contributed by atoms with Crippen LogP contribution >= 0.6 is 0 Å². The Bertz CT molecular complexity index is 620. The molecule has 0 saturated carbocycles. The van der Waals surface area contributed by atoms with Crippen molar-refractivity contribution >= 4 is 11.0 Å². The van der Waals surface area contributed by atoms with Gasteiger partial charge in [0.05, 0.1) is 23.7 Å². The van der Waals surface area contributed by atoms with Gasteiger partial charge in [0.25, 0.3) is 0 Å². The van der Waals surface area contributed by atoms with Gasteiger partial charge < -0.3 is 19.7 Å². The molecule has 1 atom stereocenters. The Morgan fingerprint density at radius 1 is 1.43 bits per heavy atom. The van der Waals surface area contributed by atoms with Crippen molar-refractivity contribution in [1.82, 2.24) is 14.5 Å². The summed E-state index contributed by atoms with van der Waals surface area (Å²) in [5, 5.41) is 9.66. The zero-order chi connectivity index (χ0) is 15.2. The van der Waals surface area contributed by atoms with Crippen LogP contribution in [0.4, 0.5) is 0 Å². The lowest BCUT2D eigenvalue weighted by Gasteiger charge is -2.20. The minimum absolute atomic E-state index is 0.0710. The van der Waals surface area contributed by atoms with Crippen LogP contribution < -0.4 is 5.69 Å². The van der Waals surface area contributed by atoms with Crippen molar-refractivity contribution in [2.75, 3.05) is 33.9 Å². The highest BCUT2D eigenvalue weighted by molar-refractivity contribution is 5.74. The SMILES string of the molecule is COCC(O)CN(C)CCCn1c(=O)[nH]c2ccccc21. The molecule has 0 aliphatic carbocycles. The molecular weight excluding hydrogens is 270 g/mol. The number of hydrogen-bond donors (Lipinski definition) is 2. The van der Waals surface area contributed by atoms with Gasteiger partial charge in [-0.3, -0.25) is 4.57 Å². The average molecular weight is 293 g/mol. The molecule has 0 fully saturated rings. The second kappa shape index (κ2) is 7.40. The number of aliphatic hydroxyl groups excluding tert-OH is 1. The first-order valence-electron chi connectivity index (χ1n) is 7.15. The van der Waals surface area contributed by atoms with E-state index in [2.05, 4.69) is 4.98 Å². The number of ether oxygens (including phenoxy) is 1. The summed E-state index contributed by atoms with van der Waals surface area (Å²) in [5.74, 6) is 0. The van der Waals surface area contributed by atoms with E-state index in [0.717, 1.165) is 24.0 Å². The van der Waals surface area contributed by atoms with Crippen molar-refractivity contribution in [3.63, 3.8) is 0 Å². The number of aliphatic hydroxyl groups is 1. The van der Waals surface area contributed by atoms with Crippen LogP contribution in [0.3, 0.4) is 0 Å². The molecule has 2 N–H and O–H groups in total. The third-order valence-corrected chi connectivity index (χ3v) is 3.48. The zero-order valence-electron chi connectivity index (χ0n) is 12.6. The zero-order valence-corrected chi connectivity index (χ0v) is 12.6. The normalized spacial score (nSPS) is 13.1. The van der Waals surface area contributed by atoms with Gasteiger partial charge in [-0.15, -0.1) is 0 Å². The first-order chi connectivity index (χ1) is 10.1. The number of methoxy groups -OCH3 is 1. The summed E-state index contributed by atoms with van der Waals surface area (Å²) in [6.45, 7) is 2.38. The maximum Gasteiger partial charge on any atom is 0.326 e. The quantitative estimate of drug-likeness (QED) is 0.750. The Hall–Kier alpha value is -1.63. The molecule has 0 radical (unpaired) electrons. The lowest BCUT2D eigenvalue weighted by molar-refractivity contribution is 0.0429. The van der Waals surface area contributed by atoms with E-state index in [9.17, 15) is 9.90 Å². The number of nitrogens with zero attached hydrogens (tertiary/aromatic N) is 2. The molecule has 1 aromatic heterocycles. The fourth-order valence-electron chi connectivity index (χ4n) is 2.52. The molecule has 21 heavy (non-hydrogen) atoms. The molecule has 1 unspecified atom stereocenters. The lowest BCUT2D eigenvalue weighted by Crippen LogP contribution is -2.33. The number of benzene rings is 1. The van der Waals surface area contributed by atoms with Gasteiger partial charge in [-0.05, 0) is 32.1 Å². The van der Waals surface area contributed by atoms with Crippen LogP contribution in [0.2, 0.25) is 0 Å². The van der Waals surface area contributed by atoms with Crippen LogP contribution in [-0.4, -0.2) is 59.5 Å². The fourth-order valence-corrected chi connectivity index (χ4v) is 2.52. The highest BCUT2D eigenvalue weighted by Gasteiger charge is 2.09. The number of aromatic nitrogens is 2. The van der Waals surface area contributed by atoms with E-state index in [1.54, 1.807) is 11.7 Å². The third kappa shape index (κ3) is 4.17. The number of likely N-dealkylation sites (N-methyl/N-ethyl adjacent to an activating group) is 1. The number of hydrogen-bond acceptors (Lipinski definition) is 4. The second-order valence-corrected chi connectivity index (χ2v) is 5.32. The molecule has 0 aliphatic heterocycles. The van der Waals surface area contributed by atoms with Gasteiger partial charge in [-0.2, -0.15) is 0 Å². The molecule has 2 rings (SSSR count). The van der Waals surface area contributed by atoms with Gasteiger partial charge >= 0.3 is 5.69 Å². The Morgan fingerprint density at radius 3 is 2.95 bits per heavy atom. The smallest absolute Gasteiger partial charge is 0.326 e. The minimum atomic E-state index is -0.476. The molecule has 0 bridgehead atoms. The molecule has 6 nitrogen and oxygen atoms in total. The highest BCUT2D eigenvalue weighted by Crippen LogP contribution is 2.09. The number of imidazole rings is 1. The third-order valence-electron chi connectivity index (χ3n) is 3.48. The summed E-state index contributed by atoms with van der Waals surface area (Å²) in [6, 6.07) is 7.69. The van der Waals surface area contributed by atoms with Crippen LogP contribution in [0.25, 0.3) is 11.0 Å². The standard InChI is InChI=1S/C15H23N3O3/c1-17(10-12(19)11-21-2)8-5-9-18-14-7-4-3-6-13(14)16-15(18)20/h3-4,6-7,12,19H,5,8-11H2,1-2H3,(H,16,20). The molecule has 1 heterocycles. The number of nitrogens with one attached hydrogen (secondary N) is 1. The number of para-hydroxylation sites is 2. The van der Waals surface area contributed by atoms with Gasteiger partial charge in [-0.25, -0.2) is 4.79 Å². The molecule has 0 spiro atoms. The highest BCUT2D eigenvalue weighted by atomic mass is 16.5. The molecule has 116 valence electrons. The molecule has 0 aliphatic rings. The number of rotatable bonds is 8. The maximum absolute atomic E-state index is 11.9. The van der Waals surface area contributed by atoms with E-state index >= 15 is 0 Å². The van der Waals surface area contributed by atoms with Gasteiger partial charge in [0.15, 0.2) is 0 Å². The Balaban J connectivity index is 1.88. The monoisotopic (exact) mass is 293 g/mol. The van der Waals surface area contributed by atoms with Gasteiger partial charge in [0.2, 0.25) is 0 Å². The second-order valence-electron chi connectivity index (χ2n) is 5.32. The first-order valence-corrected chi connectivity index (χ1v) is 7.15. The van der Waals surface area contributed by atoms with Crippen molar-refractivity contribution < 1.29 is 9.84 Å². The van der Waals surface area contributed by atoms with E-state index < -0.39 is 6.10 Å². The van der Waals surface area contributed by atoms with E-state index in [1.807, 2.05) is 36.2 Å². The van der Waals surface area contributed by atoms with E-state index in [4.69, 9.17) is 4.74 Å². The molecule has 1 aromatic carbocycles. The Morgan fingerprint density at radius 2 is 2.19 bits per heavy atom. The summed E-state index contributed by atoms with van der Waals surface area (Å²) in [7, 11) is 3.53. The number of H-pyrrole nitrogens is 1. The number of fused-ring (bicyclic) bond motifs is 1. The van der Waals surface area contributed by atoms with Crippen LogP contribution in [0.1, 0.15) is 6.42 Å². The van der Waals surface area contributed by atoms with Crippen LogP contribution in [0.15, 0.2) is 29.1 Å². The first kappa shape index (κ1) is 15.8. The minimum Gasteiger partial charge on any atom is -0.389 e.